The predicted molar refractivity (Wildman–Crippen MR) is 87.5 cm³/mol. The quantitative estimate of drug-likeness (QED) is 0.534. The molecule has 0 unspecified atom stereocenters. The minimum Gasteiger partial charge on any atom is -0.382 e. The zero-order valence-corrected chi connectivity index (χ0v) is 15.2. The summed E-state index contributed by atoms with van der Waals surface area (Å²) in [5.41, 5.74) is 0. The number of hydrogen-bond donors (Lipinski definition) is 0. The molecule has 6 nitrogen and oxygen atoms in total. The number of rotatable bonds is 11. The number of halogens is 1. The van der Waals surface area contributed by atoms with Crippen LogP contribution in [0.5, 0.6) is 0 Å². The van der Waals surface area contributed by atoms with Crippen LogP contribution in [-0.2, 0) is 24.2 Å². The van der Waals surface area contributed by atoms with E-state index in [9.17, 15) is 8.42 Å². The summed E-state index contributed by atoms with van der Waals surface area (Å²) in [7, 11) is -0.326. The van der Waals surface area contributed by atoms with E-state index in [1.54, 1.807) is 31.4 Å². The van der Waals surface area contributed by atoms with E-state index in [0.717, 1.165) is 4.47 Å². The van der Waals surface area contributed by atoms with E-state index >= 15 is 0 Å². The third-order valence-corrected chi connectivity index (χ3v) is 5.28. The lowest BCUT2D eigenvalue weighted by molar-refractivity contribution is 0.0236. The van der Waals surface area contributed by atoms with Crippen molar-refractivity contribution in [3.63, 3.8) is 0 Å². The molecule has 0 radical (unpaired) electrons. The van der Waals surface area contributed by atoms with Crippen LogP contribution in [-0.4, -0.2) is 66.5 Å². The van der Waals surface area contributed by atoms with Gasteiger partial charge in [-0.15, -0.1) is 0 Å². The average Bonchev–Trinajstić information content (AvgIpc) is 2.50. The maximum atomic E-state index is 12.3. The van der Waals surface area contributed by atoms with Gasteiger partial charge in [0.2, 0.25) is 10.0 Å². The van der Waals surface area contributed by atoms with E-state index in [4.69, 9.17) is 14.2 Å². The van der Waals surface area contributed by atoms with Crippen molar-refractivity contribution in [2.24, 2.45) is 0 Å². The third kappa shape index (κ3) is 6.72. The zero-order valence-electron chi connectivity index (χ0n) is 12.8. The summed E-state index contributed by atoms with van der Waals surface area (Å²) >= 11 is 3.28. The summed E-state index contributed by atoms with van der Waals surface area (Å²) in [5.74, 6) is 0. The SMILES string of the molecule is COCCOCCOCCN(C)S(=O)(=O)c1ccc(Br)cc1. The van der Waals surface area contributed by atoms with E-state index < -0.39 is 10.0 Å². The van der Waals surface area contributed by atoms with Crippen molar-refractivity contribution in [2.45, 2.75) is 4.90 Å². The van der Waals surface area contributed by atoms with Gasteiger partial charge in [0.15, 0.2) is 0 Å². The molecule has 0 amide bonds. The van der Waals surface area contributed by atoms with Crippen LogP contribution in [0.15, 0.2) is 33.6 Å². The number of methoxy groups -OCH3 is 1. The first-order chi connectivity index (χ1) is 10.5. The fourth-order valence-corrected chi connectivity index (χ4v) is 2.98. The normalized spacial score (nSPS) is 12.0. The van der Waals surface area contributed by atoms with E-state index in [1.807, 2.05) is 0 Å². The second kappa shape index (κ2) is 10.3. The van der Waals surface area contributed by atoms with Gasteiger partial charge < -0.3 is 14.2 Å². The molecule has 0 aliphatic rings. The number of hydrogen-bond acceptors (Lipinski definition) is 5. The molecular weight excluding hydrogens is 374 g/mol. The standard InChI is InChI=1S/C14H22BrNO5S/c1-16(7-8-20-11-12-21-10-9-19-2)22(17,18)14-5-3-13(15)4-6-14/h3-6H,7-12H2,1-2H3. The molecule has 0 aliphatic heterocycles. The molecule has 22 heavy (non-hydrogen) atoms. The van der Waals surface area contributed by atoms with Crippen molar-refractivity contribution >= 4 is 26.0 Å². The molecule has 0 atom stereocenters. The molecule has 126 valence electrons. The summed E-state index contributed by atoms with van der Waals surface area (Å²) < 4.78 is 42.2. The predicted octanol–water partition coefficient (Wildman–Crippen LogP) is 1.75. The van der Waals surface area contributed by atoms with Gasteiger partial charge in [0.1, 0.15) is 0 Å². The van der Waals surface area contributed by atoms with Gasteiger partial charge in [0.25, 0.3) is 0 Å². The Hall–Kier alpha value is -0.510. The highest BCUT2D eigenvalue weighted by molar-refractivity contribution is 9.10. The summed E-state index contributed by atoms with van der Waals surface area (Å²) in [6.45, 7) is 2.57. The van der Waals surface area contributed by atoms with Gasteiger partial charge >= 0.3 is 0 Å². The highest BCUT2D eigenvalue weighted by atomic mass is 79.9. The van der Waals surface area contributed by atoms with Gasteiger partial charge in [-0.2, -0.15) is 4.31 Å². The highest BCUT2D eigenvalue weighted by Crippen LogP contribution is 2.17. The fourth-order valence-electron chi connectivity index (χ4n) is 1.56. The molecule has 1 rings (SSSR count). The Labute approximate surface area is 140 Å². The van der Waals surface area contributed by atoms with Crippen molar-refractivity contribution < 1.29 is 22.6 Å². The van der Waals surface area contributed by atoms with E-state index in [0.29, 0.717) is 33.0 Å². The minimum atomic E-state index is -3.48. The Morgan fingerprint density at radius 3 is 2.14 bits per heavy atom. The van der Waals surface area contributed by atoms with Crippen LogP contribution in [0.4, 0.5) is 0 Å². The number of ether oxygens (including phenoxy) is 3. The average molecular weight is 396 g/mol. The van der Waals surface area contributed by atoms with Gasteiger partial charge in [-0.1, -0.05) is 15.9 Å². The van der Waals surface area contributed by atoms with Gasteiger partial charge in [0, 0.05) is 25.2 Å². The van der Waals surface area contributed by atoms with Gasteiger partial charge in [0.05, 0.1) is 37.9 Å². The second-order valence-electron chi connectivity index (χ2n) is 4.50. The first-order valence-corrected chi connectivity index (χ1v) is 9.08. The van der Waals surface area contributed by atoms with Crippen LogP contribution in [0.25, 0.3) is 0 Å². The number of nitrogens with zero attached hydrogens (tertiary/aromatic N) is 1. The van der Waals surface area contributed by atoms with E-state index in [-0.39, 0.29) is 11.4 Å². The Bertz CT molecular complexity index is 521. The maximum absolute atomic E-state index is 12.3. The van der Waals surface area contributed by atoms with Crippen LogP contribution in [0.2, 0.25) is 0 Å². The summed E-state index contributed by atoms with van der Waals surface area (Å²) in [4.78, 5) is 0.265. The lowest BCUT2D eigenvalue weighted by atomic mass is 10.4. The zero-order chi connectivity index (χ0) is 16.4. The first-order valence-electron chi connectivity index (χ1n) is 6.85. The molecule has 0 fully saturated rings. The molecule has 0 N–H and O–H groups in total. The lowest BCUT2D eigenvalue weighted by Gasteiger charge is -2.17. The second-order valence-corrected chi connectivity index (χ2v) is 7.46. The van der Waals surface area contributed by atoms with E-state index in [2.05, 4.69) is 15.9 Å². The highest BCUT2D eigenvalue weighted by Gasteiger charge is 2.20. The molecular formula is C14H22BrNO5S. The molecule has 0 bridgehead atoms. The van der Waals surface area contributed by atoms with Crippen LogP contribution < -0.4 is 0 Å². The fraction of sp³-hybridized carbons (Fsp3) is 0.571. The Morgan fingerprint density at radius 2 is 1.55 bits per heavy atom. The van der Waals surface area contributed by atoms with Crippen molar-refractivity contribution in [3.05, 3.63) is 28.7 Å². The van der Waals surface area contributed by atoms with Crippen LogP contribution in [0.1, 0.15) is 0 Å². The number of sulfonamides is 1. The summed E-state index contributed by atoms with van der Waals surface area (Å²) in [6.07, 6.45) is 0. The van der Waals surface area contributed by atoms with Crippen LogP contribution in [0, 0.1) is 0 Å². The minimum absolute atomic E-state index is 0.265. The van der Waals surface area contributed by atoms with Crippen LogP contribution >= 0.6 is 15.9 Å². The van der Waals surface area contributed by atoms with Crippen LogP contribution in [0.3, 0.4) is 0 Å². The van der Waals surface area contributed by atoms with Crippen molar-refractivity contribution in [2.75, 3.05) is 53.7 Å². The van der Waals surface area contributed by atoms with Crippen molar-refractivity contribution in [1.82, 2.24) is 4.31 Å². The van der Waals surface area contributed by atoms with Gasteiger partial charge in [-0.05, 0) is 24.3 Å². The number of likely N-dealkylation sites (N-methyl/N-ethyl adjacent to an activating group) is 1. The first kappa shape index (κ1) is 19.5. The molecule has 8 heteroatoms. The van der Waals surface area contributed by atoms with E-state index in [1.165, 1.54) is 11.4 Å². The molecule has 0 aromatic heterocycles. The molecule has 0 saturated carbocycles. The third-order valence-electron chi connectivity index (χ3n) is 2.88. The molecule has 0 aliphatic carbocycles. The summed E-state index contributed by atoms with van der Waals surface area (Å²) in [5, 5.41) is 0. The Balaban J connectivity index is 2.29. The van der Waals surface area contributed by atoms with Crippen molar-refractivity contribution in [3.8, 4) is 0 Å². The largest absolute Gasteiger partial charge is 0.382 e. The van der Waals surface area contributed by atoms with Gasteiger partial charge in [-0.3, -0.25) is 0 Å². The number of benzene rings is 1. The molecule has 1 aromatic carbocycles. The maximum Gasteiger partial charge on any atom is 0.242 e. The molecule has 0 saturated heterocycles. The lowest BCUT2D eigenvalue weighted by Crippen LogP contribution is -2.30. The van der Waals surface area contributed by atoms with Crippen molar-refractivity contribution in [1.29, 1.82) is 0 Å². The topological polar surface area (TPSA) is 65.1 Å². The Morgan fingerprint density at radius 1 is 1.00 bits per heavy atom. The molecule has 0 heterocycles. The van der Waals surface area contributed by atoms with Gasteiger partial charge in [-0.25, -0.2) is 8.42 Å². The Kier molecular flexibility index (Phi) is 9.15. The molecule has 0 spiro atoms. The monoisotopic (exact) mass is 395 g/mol. The smallest absolute Gasteiger partial charge is 0.242 e. The molecule has 1 aromatic rings. The summed E-state index contributed by atoms with van der Waals surface area (Å²) in [6, 6.07) is 6.55.